The molecule has 0 saturated heterocycles. The first kappa shape index (κ1) is 24.9. The zero-order valence-electron chi connectivity index (χ0n) is 26.2. The molecule has 208 valence electrons. The van der Waals surface area contributed by atoms with E-state index in [-0.39, 0.29) is 5.41 Å². The molecular weight excluding hydrogens is 488 g/mol. The number of rotatable bonds is 4. The minimum atomic E-state index is -0.457. The van der Waals surface area contributed by atoms with Gasteiger partial charge < -0.3 is 0 Å². The fraction of sp³-hybridized carbons (Fsp3) is 0.556. The van der Waals surface area contributed by atoms with Crippen LogP contribution in [0.25, 0.3) is 24.3 Å². The van der Waals surface area contributed by atoms with E-state index < -0.39 is 5.91 Å². The zero-order valence-corrected chi connectivity index (χ0v) is 26.2. The Bertz CT molecular complexity index is 1810. The number of hydrogen-bond acceptors (Lipinski definition) is 0. The molecule has 6 aliphatic heterocycles. The number of hydrogen-bond donors (Lipinski definition) is 0. The van der Waals surface area contributed by atoms with Crippen LogP contribution in [0.2, 0.25) is 0 Å². The van der Waals surface area contributed by atoms with Gasteiger partial charge in [-0.1, -0.05) is 64.5 Å². The predicted molar refractivity (Wildman–Crippen MR) is 165 cm³/mol. The molecule has 6 aliphatic rings. The lowest BCUT2D eigenvalue weighted by molar-refractivity contribution is -0.837. The number of aromatic nitrogens is 2. The number of aryl methyl sites for hydroxylation is 1. The molecule has 2 aromatic rings. The van der Waals surface area contributed by atoms with E-state index in [0.717, 1.165) is 12.8 Å². The Hall–Kier alpha value is -2.88. The van der Waals surface area contributed by atoms with E-state index in [4.69, 9.17) is 0 Å². The van der Waals surface area contributed by atoms with E-state index in [2.05, 4.69) is 118 Å². The monoisotopic (exact) mass is 534 g/mol. The Morgan fingerprint density at radius 3 is 2.12 bits per heavy atom. The molecule has 6 atom stereocenters. The van der Waals surface area contributed by atoms with Gasteiger partial charge in [0.1, 0.15) is 0 Å². The molecule has 0 bridgehead atoms. The first-order valence-corrected chi connectivity index (χ1v) is 15.9. The Morgan fingerprint density at radius 1 is 0.875 bits per heavy atom. The first-order chi connectivity index (χ1) is 18.9. The number of allylic oxidation sites excluding steroid dienone is 2. The van der Waals surface area contributed by atoms with Gasteiger partial charge in [0, 0.05) is 24.3 Å². The second-order valence-corrected chi connectivity index (χ2v) is 14.9. The van der Waals surface area contributed by atoms with Gasteiger partial charge >= 0.3 is 5.91 Å². The second-order valence-electron chi connectivity index (χ2n) is 14.9. The third-order valence-corrected chi connectivity index (χ3v) is 11.5. The molecule has 1 spiro atoms. The predicted octanol–water partition coefficient (Wildman–Crippen LogP) is 6.12. The number of nitrogens with zero attached hydrogens (tertiary/aromatic N) is 4. The lowest BCUT2D eigenvalue weighted by Crippen LogP contribution is -2.69. The van der Waals surface area contributed by atoms with Crippen molar-refractivity contribution in [3.63, 3.8) is 0 Å². The fourth-order valence-corrected chi connectivity index (χ4v) is 9.57. The van der Waals surface area contributed by atoms with E-state index in [1.54, 1.807) is 5.56 Å². The molecule has 8 heterocycles. The van der Waals surface area contributed by atoms with Crippen LogP contribution in [0.3, 0.4) is 0 Å². The molecule has 0 radical (unpaired) electrons. The molecule has 0 N–H and O–H groups in total. The van der Waals surface area contributed by atoms with Crippen molar-refractivity contribution < 1.29 is 9.15 Å². The molecule has 0 aliphatic carbocycles. The van der Waals surface area contributed by atoms with Crippen LogP contribution in [0, 0.1) is 42.9 Å². The molecule has 0 fully saturated rings. The highest BCUT2D eigenvalue weighted by Gasteiger charge is 2.74. The Morgan fingerprint density at radius 2 is 1.50 bits per heavy atom. The Balaban J connectivity index is 1.61. The molecule has 40 heavy (non-hydrogen) atoms. The van der Waals surface area contributed by atoms with Gasteiger partial charge in [0.2, 0.25) is 0 Å². The van der Waals surface area contributed by atoms with Gasteiger partial charge in [-0.05, 0) is 67.2 Å². The summed E-state index contributed by atoms with van der Waals surface area (Å²) in [6, 6.07) is 2.47. The molecule has 0 saturated carbocycles. The van der Waals surface area contributed by atoms with Crippen molar-refractivity contribution in [3.05, 3.63) is 56.2 Å². The van der Waals surface area contributed by atoms with Gasteiger partial charge in [-0.3, -0.25) is 0 Å². The van der Waals surface area contributed by atoms with Crippen LogP contribution in [0.5, 0.6) is 0 Å². The first-order valence-electron chi connectivity index (χ1n) is 15.9. The van der Waals surface area contributed by atoms with Crippen LogP contribution in [0.15, 0.2) is 17.5 Å². The van der Waals surface area contributed by atoms with Gasteiger partial charge in [-0.2, -0.15) is 9.13 Å². The summed E-state index contributed by atoms with van der Waals surface area (Å²) in [6.07, 6.45) is 13.8. The Kier molecular flexibility index (Phi) is 4.66. The largest absolute Gasteiger partial charge is 0.552 e. The Labute approximate surface area is 239 Å². The molecule has 0 aromatic carbocycles. The van der Waals surface area contributed by atoms with Gasteiger partial charge in [0.05, 0.1) is 45.8 Å². The lowest BCUT2D eigenvalue weighted by atomic mass is 9.77. The summed E-state index contributed by atoms with van der Waals surface area (Å²) in [4.78, 5) is 0. The fourth-order valence-electron chi connectivity index (χ4n) is 9.57. The quantitative estimate of drug-likeness (QED) is 0.420. The summed E-state index contributed by atoms with van der Waals surface area (Å²) < 4.78 is 11.1. The van der Waals surface area contributed by atoms with E-state index in [1.807, 2.05) is 0 Å². The maximum absolute atomic E-state index is 2.82. The van der Waals surface area contributed by atoms with Crippen molar-refractivity contribution in [1.29, 1.82) is 0 Å². The lowest BCUT2D eigenvalue weighted by Gasteiger charge is -2.38. The molecule has 3 unspecified atom stereocenters. The van der Waals surface area contributed by atoms with Crippen molar-refractivity contribution >= 4 is 35.7 Å². The van der Waals surface area contributed by atoms with E-state index in [0.29, 0.717) is 29.6 Å². The van der Waals surface area contributed by atoms with E-state index >= 15 is 0 Å². The van der Waals surface area contributed by atoms with Crippen LogP contribution in [-0.4, -0.2) is 29.7 Å². The van der Waals surface area contributed by atoms with Gasteiger partial charge in [0.25, 0.3) is 0 Å². The SMILES string of the molecule is CCC1C2=[N+]3C(=Cc4c([C@H](C)CC)c(C)c5n4[C@@]34n3c(cc(C)c3=C2)=CC2=[N+]4C(=C5)C(C)[C@@H]2CC(C)(C)C)C1C. The highest BCUT2D eigenvalue weighted by Crippen LogP contribution is 2.54. The molecule has 0 amide bonds. The highest BCUT2D eigenvalue weighted by atomic mass is 15.6. The molecular formula is C36H46N4+2. The summed E-state index contributed by atoms with van der Waals surface area (Å²) in [7, 11) is 0. The molecule has 4 nitrogen and oxygen atoms in total. The van der Waals surface area contributed by atoms with Crippen LogP contribution in [0.4, 0.5) is 0 Å². The van der Waals surface area contributed by atoms with E-state index in [9.17, 15) is 0 Å². The average molecular weight is 535 g/mol. The van der Waals surface area contributed by atoms with Crippen LogP contribution in [0.1, 0.15) is 109 Å². The molecule has 8 rings (SSSR count). The van der Waals surface area contributed by atoms with Gasteiger partial charge in [-0.15, -0.1) is 0 Å². The molecule has 4 heteroatoms. The highest BCUT2D eigenvalue weighted by molar-refractivity contribution is 6.12. The topological polar surface area (TPSA) is 15.9 Å². The summed E-state index contributed by atoms with van der Waals surface area (Å²) in [5.74, 6) is 2.06. The van der Waals surface area contributed by atoms with Crippen molar-refractivity contribution in [1.82, 2.24) is 9.13 Å². The smallest absolute Gasteiger partial charge is 0.199 e. The van der Waals surface area contributed by atoms with Gasteiger partial charge in [-0.25, -0.2) is 0 Å². The normalized spacial score (nSPS) is 31.1. The summed E-state index contributed by atoms with van der Waals surface area (Å²) >= 11 is 0. The third kappa shape index (κ3) is 2.57. The maximum atomic E-state index is 2.82. The molecule has 2 aromatic heterocycles. The van der Waals surface area contributed by atoms with Crippen molar-refractivity contribution in [3.8, 4) is 0 Å². The zero-order chi connectivity index (χ0) is 28.2. The van der Waals surface area contributed by atoms with Gasteiger partial charge in [0.15, 0.2) is 22.8 Å². The minimum absolute atomic E-state index is 0.262. The van der Waals surface area contributed by atoms with Crippen molar-refractivity contribution in [2.75, 3.05) is 0 Å². The van der Waals surface area contributed by atoms with Crippen LogP contribution < -0.4 is 10.7 Å². The van der Waals surface area contributed by atoms with Crippen molar-refractivity contribution in [2.24, 2.45) is 29.1 Å². The average Bonchev–Trinajstić information content (AvgIpc) is 3.55. The van der Waals surface area contributed by atoms with E-state index in [1.165, 1.54) is 62.5 Å². The van der Waals surface area contributed by atoms with Crippen LogP contribution >= 0.6 is 0 Å². The maximum Gasteiger partial charge on any atom is 0.552 e. The minimum Gasteiger partial charge on any atom is -0.199 e. The van der Waals surface area contributed by atoms with Crippen molar-refractivity contribution in [2.45, 2.75) is 100 Å². The third-order valence-electron chi connectivity index (χ3n) is 11.5. The van der Waals surface area contributed by atoms with Crippen LogP contribution in [-0.2, 0) is 5.91 Å². The summed E-state index contributed by atoms with van der Waals surface area (Å²) in [5, 5.41) is 2.76. The standard InChI is InChI=1S/C36H46N4/c1-11-19(3)34-23(7)30-16-28-22(6)26(18-35(8,9)10)31-14-24-13-20(4)27-15-32-25(12-2)21(5)29-17-33(34)40(30)36(37(24)27,38(28)31)39(29)32/h13-17,19,21-22,25-26H,11-12,18H2,1-10H3/q+2/t19-,21?,22?,25?,26+,36-/m1/s1. The summed E-state index contributed by atoms with van der Waals surface area (Å²) in [6.45, 7) is 24.1. The second kappa shape index (κ2) is 7.49. The summed E-state index contributed by atoms with van der Waals surface area (Å²) in [5.41, 5.74) is 13.6.